The van der Waals surface area contributed by atoms with Crippen molar-refractivity contribution in [2.45, 2.75) is 33.6 Å². The molecule has 1 aromatic carbocycles. The average Bonchev–Trinajstić information content (AvgIpc) is 2.22. The molecule has 1 rings (SSSR count). The first kappa shape index (κ1) is 14.8. The van der Waals surface area contributed by atoms with E-state index in [1.165, 1.54) is 0 Å². The quantitative estimate of drug-likeness (QED) is 0.575. The third kappa shape index (κ3) is 4.18. The number of ether oxygens (including phenoxy) is 1. The number of aryl methyl sites for hydroxylation is 3. The van der Waals surface area contributed by atoms with Gasteiger partial charge < -0.3 is 4.74 Å². The maximum atomic E-state index is 12.0. The lowest BCUT2D eigenvalue weighted by atomic mass is 9.95. The van der Waals surface area contributed by atoms with Gasteiger partial charge in [0.2, 0.25) is 0 Å². The van der Waals surface area contributed by atoms with E-state index >= 15 is 0 Å². The Hall–Kier alpha value is -1.29. The SMILES string of the molecule is Cc1cc(C)c(C(=O)CCOCC(F)F)c(C)c1. The number of ketones is 1. The molecule has 0 spiro atoms. The molecule has 0 fully saturated rings. The molecular formula is C14H18F2O2. The van der Waals surface area contributed by atoms with Gasteiger partial charge in [0.15, 0.2) is 5.78 Å². The van der Waals surface area contributed by atoms with Crippen molar-refractivity contribution in [1.82, 2.24) is 0 Å². The van der Waals surface area contributed by atoms with Gasteiger partial charge in [0.1, 0.15) is 6.61 Å². The molecule has 0 unspecified atom stereocenters. The second-order valence-corrected chi connectivity index (χ2v) is 4.41. The maximum Gasteiger partial charge on any atom is 0.261 e. The lowest BCUT2D eigenvalue weighted by Crippen LogP contribution is -2.11. The van der Waals surface area contributed by atoms with Crippen molar-refractivity contribution in [2.24, 2.45) is 0 Å². The van der Waals surface area contributed by atoms with E-state index in [2.05, 4.69) is 0 Å². The zero-order valence-electron chi connectivity index (χ0n) is 10.9. The van der Waals surface area contributed by atoms with Crippen molar-refractivity contribution < 1.29 is 18.3 Å². The number of rotatable bonds is 6. The highest BCUT2D eigenvalue weighted by molar-refractivity contribution is 5.98. The van der Waals surface area contributed by atoms with Crippen molar-refractivity contribution in [1.29, 1.82) is 0 Å². The molecule has 0 aliphatic heterocycles. The Bertz CT molecular complexity index is 405. The molecule has 0 saturated heterocycles. The summed E-state index contributed by atoms with van der Waals surface area (Å²) in [5, 5.41) is 0. The monoisotopic (exact) mass is 256 g/mol. The first-order valence-electron chi connectivity index (χ1n) is 5.88. The summed E-state index contributed by atoms with van der Waals surface area (Å²) in [6.45, 7) is 5.16. The molecule has 0 aromatic heterocycles. The van der Waals surface area contributed by atoms with Gasteiger partial charge in [0.05, 0.1) is 6.61 Å². The molecule has 18 heavy (non-hydrogen) atoms. The standard InChI is InChI=1S/C14H18F2O2/c1-9-6-10(2)14(11(3)7-9)12(17)4-5-18-8-13(15)16/h6-7,13H,4-5,8H2,1-3H3. The van der Waals surface area contributed by atoms with E-state index in [1.54, 1.807) is 0 Å². The molecule has 0 N–H and O–H groups in total. The maximum absolute atomic E-state index is 12.0. The summed E-state index contributed by atoms with van der Waals surface area (Å²) in [6.07, 6.45) is -2.35. The van der Waals surface area contributed by atoms with Crippen LogP contribution in [0.2, 0.25) is 0 Å². The number of alkyl halides is 2. The second kappa shape index (κ2) is 6.59. The van der Waals surface area contributed by atoms with Crippen molar-refractivity contribution in [2.75, 3.05) is 13.2 Å². The van der Waals surface area contributed by atoms with Crippen LogP contribution in [0.25, 0.3) is 0 Å². The number of halogens is 2. The van der Waals surface area contributed by atoms with Gasteiger partial charge in [-0.15, -0.1) is 0 Å². The third-order valence-corrected chi connectivity index (χ3v) is 2.67. The molecule has 0 bridgehead atoms. The van der Waals surface area contributed by atoms with Gasteiger partial charge in [-0.2, -0.15) is 0 Å². The lowest BCUT2D eigenvalue weighted by molar-refractivity contribution is 0.0169. The van der Waals surface area contributed by atoms with Crippen LogP contribution in [0, 0.1) is 20.8 Å². The van der Waals surface area contributed by atoms with Gasteiger partial charge in [0.25, 0.3) is 6.43 Å². The molecule has 0 aliphatic carbocycles. The highest BCUT2D eigenvalue weighted by Crippen LogP contribution is 2.18. The molecule has 2 nitrogen and oxygen atoms in total. The van der Waals surface area contributed by atoms with Crippen LogP contribution in [-0.2, 0) is 4.74 Å². The lowest BCUT2D eigenvalue weighted by Gasteiger charge is -2.10. The highest BCUT2D eigenvalue weighted by Gasteiger charge is 2.13. The van der Waals surface area contributed by atoms with Crippen LogP contribution in [0.3, 0.4) is 0 Å². The first-order chi connectivity index (χ1) is 8.41. The smallest absolute Gasteiger partial charge is 0.261 e. The van der Waals surface area contributed by atoms with Crippen LogP contribution in [0.15, 0.2) is 12.1 Å². The Morgan fingerprint density at radius 1 is 1.22 bits per heavy atom. The van der Waals surface area contributed by atoms with E-state index in [1.807, 2.05) is 32.9 Å². The summed E-state index contributed by atoms with van der Waals surface area (Å²) >= 11 is 0. The highest BCUT2D eigenvalue weighted by atomic mass is 19.3. The van der Waals surface area contributed by atoms with E-state index < -0.39 is 13.0 Å². The number of carbonyl (C=O) groups excluding carboxylic acids is 1. The van der Waals surface area contributed by atoms with Crippen LogP contribution >= 0.6 is 0 Å². The van der Waals surface area contributed by atoms with E-state index in [-0.39, 0.29) is 18.8 Å². The Balaban J connectivity index is 2.62. The number of hydrogen-bond acceptors (Lipinski definition) is 2. The Morgan fingerprint density at radius 2 is 1.78 bits per heavy atom. The fourth-order valence-electron chi connectivity index (χ4n) is 2.08. The molecule has 0 heterocycles. The summed E-state index contributed by atoms with van der Waals surface area (Å²) in [6, 6.07) is 3.89. The van der Waals surface area contributed by atoms with Crippen molar-refractivity contribution in [3.63, 3.8) is 0 Å². The Labute approximate surface area is 106 Å². The summed E-state index contributed by atoms with van der Waals surface area (Å²) in [5.74, 6) is -0.0562. The molecule has 4 heteroatoms. The average molecular weight is 256 g/mol. The second-order valence-electron chi connectivity index (χ2n) is 4.41. The van der Waals surface area contributed by atoms with Crippen molar-refractivity contribution >= 4 is 5.78 Å². The first-order valence-corrected chi connectivity index (χ1v) is 5.88. The largest absolute Gasteiger partial charge is 0.375 e. The minimum Gasteiger partial charge on any atom is -0.375 e. The van der Waals surface area contributed by atoms with E-state index in [9.17, 15) is 13.6 Å². The zero-order chi connectivity index (χ0) is 13.7. The van der Waals surface area contributed by atoms with Crippen molar-refractivity contribution in [3.05, 3.63) is 34.4 Å². The summed E-state index contributed by atoms with van der Waals surface area (Å²) in [7, 11) is 0. The minimum atomic E-state index is -2.48. The van der Waals surface area contributed by atoms with Gasteiger partial charge in [0, 0.05) is 12.0 Å². The topological polar surface area (TPSA) is 26.3 Å². The molecule has 0 saturated carbocycles. The minimum absolute atomic E-state index is 0.0376. The van der Waals surface area contributed by atoms with Gasteiger partial charge in [-0.05, 0) is 31.9 Å². The van der Waals surface area contributed by atoms with E-state index in [0.29, 0.717) is 5.56 Å². The van der Waals surface area contributed by atoms with Crippen LogP contribution in [0.4, 0.5) is 8.78 Å². The fraction of sp³-hybridized carbons (Fsp3) is 0.500. The van der Waals surface area contributed by atoms with Gasteiger partial charge in [-0.3, -0.25) is 4.79 Å². The zero-order valence-corrected chi connectivity index (χ0v) is 10.9. The van der Waals surface area contributed by atoms with Crippen LogP contribution < -0.4 is 0 Å². The Kier molecular flexibility index (Phi) is 5.41. The fourth-order valence-corrected chi connectivity index (χ4v) is 2.08. The normalized spacial score (nSPS) is 11.0. The van der Waals surface area contributed by atoms with Gasteiger partial charge >= 0.3 is 0 Å². The van der Waals surface area contributed by atoms with Crippen LogP contribution in [0.5, 0.6) is 0 Å². The summed E-state index contributed by atoms with van der Waals surface area (Å²) in [4.78, 5) is 12.0. The molecular weight excluding hydrogens is 238 g/mol. The molecule has 0 atom stereocenters. The molecule has 0 radical (unpaired) electrons. The molecule has 1 aromatic rings. The molecule has 0 amide bonds. The van der Waals surface area contributed by atoms with Crippen molar-refractivity contribution in [3.8, 4) is 0 Å². The summed E-state index contributed by atoms with van der Waals surface area (Å²) < 4.78 is 28.4. The molecule has 0 aliphatic rings. The third-order valence-electron chi connectivity index (χ3n) is 2.67. The number of hydrogen-bond donors (Lipinski definition) is 0. The van der Waals surface area contributed by atoms with Gasteiger partial charge in [-0.25, -0.2) is 8.78 Å². The number of carbonyl (C=O) groups is 1. The Morgan fingerprint density at radius 3 is 2.28 bits per heavy atom. The number of benzene rings is 1. The van der Waals surface area contributed by atoms with E-state index in [4.69, 9.17) is 4.74 Å². The predicted molar refractivity (Wildman–Crippen MR) is 66.4 cm³/mol. The van der Waals surface area contributed by atoms with Crippen LogP contribution in [-0.4, -0.2) is 25.4 Å². The molecule has 100 valence electrons. The van der Waals surface area contributed by atoms with E-state index in [0.717, 1.165) is 16.7 Å². The number of Topliss-reactive ketones (excluding diaryl/α,β-unsaturated/α-hetero) is 1. The predicted octanol–water partition coefficient (Wildman–Crippen LogP) is 3.47. The summed E-state index contributed by atoms with van der Waals surface area (Å²) in [5.41, 5.74) is 3.63. The van der Waals surface area contributed by atoms with Gasteiger partial charge in [-0.1, -0.05) is 17.7 Å². The van der Waals surface area contributed by atoms with Crippen LogP contribution in [0.1, 0.15) is 33.5 Å².